The van der Waals surface area contributed by atoms with Gasteiger partial charge < -0.3 is 10.2 Å². The van der Waals surface area contributed by atoms with Gasteiger partial charge in [0, 0.05) is 22.6 Å². The van der Waals surface area contributed by atoms with Crippen LogP contribution < -0.4 is 9.62 Å². The predicted octanol–water partition coefficient (Wildman–Crippen LogP) is 6.08. The lowest BCUT2D eigenvalue weighted by molar-refractivity contribution is -0.139. The summed E-state index contributed by atoms with van der Waals surface area (Å²) in [5.41, 5.74) is 1.75. The van der Waals surface area contributed by atoms with Crippen molar-refractivity contribution in [2.75, 3.05) is 10.8 Å². The van der Waals surface area contributed by atoms with E-state index in [1.165, 1.54) is 17.0 Å². The Hall–Kier alpha value is -3.07. The van der Waals surface area contributed by atoms with E-state index in [9.17, 15) is 18.0 Å². The number of rotatable bonds is 12. The number of carbonyl (C=O) groups excluding carboxylic acids is 2. The van der Waals surface area contributed by atoms with Crippen molar-refractivity contribution in [3.8, 4) is 0 Å². The largest absolute Gasteiger partial charge is 0.352 e. The molecule has 0 heterocycles. The average molecular weight is 605 g/mol. The molecule has 0 bridgehead atoms. The molecule has 3 rings (SSSR count). The van der Waals surface area contributed by atoms with Crippen molar-refractivity contribution in [3.05, 3.63) is 94.0 Å². The minimum atomic E-state index is -4.13. The summed E-state index contributed by atoms with van der Waals surface area (Å²) in [5.74, 6) is -0.901. The highest BCUT2D eigenvalue weighted by Crippen LogP contribution is 2.29. The topological polar surface area (TPSA) is 86.8 Å². The fourth-order valence-electron chi connectivity index (χ4n) is 4.17. The third-order valence-electron chi connectivity index (χ3n) is 6.78. The van der Waals surface area contributed by atoms with Gasteiger partial charge in [0.2, 0.25) is 11.8 Å². The summed E-state index contributed by atoms with van der Waals surface area (Å²) < 4.78 is 29.0. The Morgan fingerprint density at radius 3 is 2.17 bits per heavy atom. The highest BCUT2D eigenvalue weighted by Gasteiger charge is 2.33. The maximum atomic E-state index is 14.1. The molecule has 1 N–H and O–H groups in total. The van der Waals surface area contributed by atoms with E-state index >= 15 is 0 Å². The number of nitrogens with zero attached hydrogens (tertiary/aromatic N) is 2. The Balaban J connectivity index is 2.07. The van der Waals surface area contributed by atoms with E-state index < -0.39 is 28.5 Å². The van der Waals surface area contributed by atoms with Crippen LogP contribution in [0.5, 0.6) is 0 Å². The lowest BCUT2D eigenvalue weighted by atomic mass is 10.1. The molecule has 0 aliphatic rings. The minimum absolute atomic E-state index is 0.0153. The fourth-order valence-corrected chi connectivity index (χ4v) is 6.11. The van der Waals surface area contributed by atoms with E-state index in [-0.39, 0.29) is 23.4 Å². The zero-order chi connectivity index (χ0) is 29.4. The number of sulfonamides is 1. The van der Waals surface area contributed by atoms with Crippen LogP contribution in [0.2, 0.25) is 10.0 Å². The van der Waals surface area contributed by atoms with Crippen molar-refractivity contribution in [2.24, 2.45) is 0 Å². The summed E-state index contributed by atoms with van der Waals surface area (Å²) in [6.45, 7) is 6.84. The molecule has 0 saturated heterocycles. The number of hydrogen-bond acceptors (Lipinski definition) is 4. The monoisotopic (exact) mass is 603 g/mol. The molecule has 214 valence electrons. The summed E-state index contributed by atoms with van der Waals surface area (Å²) in [6, 6.07) is 19.0. The molecule has 0 saturated carbocycles. The van der Waals surface area contributed by atoms with Gasteiger partial charge in [-0.25, -0.2) is 8.42 Å². The molecule has 3 aromatic carbocycles. The number of benzene rings is 3. The summed E-state index contributed by atoms with van der Waals surface area (Å²) in [7, 11) is -4.13. The molecule has 3 aromatic rings. The van der Waals surface area contributed by atoms with Crippen LogP contribution in [-0.4, -0.2) is 43.8 Å². The second-order valence-corrected chi connectivity index (χ2v) is 12.3. The van der Waals surface area contributed by atoms with Crippen LogP contribution >= 0.6 is 23.2 Å². The Kier molecular flexibility index (Phi) is 11.0. The Labute approximate surface area is 247 Å². The fraction of sp³-hybridized carbons (Fsp3) is 0.333. The first-order valence-corrected chi connectivity index (χ1v) is 15.4. The van der Waals surface area contributed by atoms with E-state index in [0.29, 0.717) is 34.1 Å². The van der Waals surface area contributed by atoms with Crippen LogP contribution in [0.3, 0.4) is 0 Å². The first kappa shape index (κ1) is 31.5. The molecule has 0 aliphatic carbocycles. The Morgan fingerprint density at radius 2 is 1.55 bits per heavy atom. The van der Waals surface area contributed by atoms with Gasteiger partial charge in [-0.15, -0.1) is 0 Å². The highest BCUT2D eigenvalue weighted by atomic mass is 35.5. The summed E-state index contributed by atoms with van der Waals surface area (Å²) >= 11 is 12.5. The number of hydrogen-bond donors (Lipinski definition) is 1. The molecule has 40 heavy (non-hydrogen) atoms. The van der Waals surface area contributed by atoms with Gasteiger partial charge in [0.1, 0.15) is 12.6 Å². The summed E-state index contributed by atoms with van der Waals surface area (Å²) in [6.07, 6.45) is 1.27. The number of anilines is 1. The first-order chi connectivity index (χ1) is 19.0. The van der Waals surface area contributed by atoms with Gasteiger partial charge in [0.15, 0.2) is 0 Å². The Morgan fingerprint density at radius 1 is 0.900 bits per heavy atom. The van der Waals surface area contributed by atoms with Crippen LogP contribution in [0.15, 0.2) is 77.7 Å². The molecular weight excluding hydrogens is 569 g/mol. The lowest BCUT2D eigenvalue weighted by Gasteiger charge is -2.33. The number of para-hydroxylation sites is 1. The third-order valence-corrected chi connectivity index (χ3v) is 9.14. The molecule has 0 aliphatic heterocycles. The average Bonchev–Trinajstić information content (AvgIpc) is 2.95. The number of nitrogens with one attached hydrogen (secondary N) is 1. The van der Waals surface area contributed by atoms with E-state index in [2.05, 4.69) is 5.32 Å². The number of aryl methyl sites for hydroxylation is 1. The molecule has 0 radical (unpaired) electrons. The Bertz CT molecular complexity index is 1430. The molecule has 2 atom stereocenters. The summed E-state index contributed by atoms with van der Waals surface area (Å²) in [5, 5.41) is 3.69. The molecule has 10 heteroatoms. The van der Waals surface area contributed by atoms with Gasteiger partial charge >= 0.3 is 0 Å². The number of halogens is 2. The van der Waals surface area contributed by atoms with E-state index in [1.54, 1.807) is 55.5 Å². The van der Waals surface area contributed by atoms with Gasteiger partial charge in [-0.2, -0.15) is 0 Å². The van der Waals surface area contributed by atoms with E-state index in [0.717, 1.165) is 9.87 Å². The van der Waals surface area contributed by atoms with Crippen molar-refractivity contribution >= 4 is 50.7 Å². The molecule has 0 fully saturated rings. The standard InChI is InChI=1S/C30H35Cl2N3O4S/c1-5-21(3)33-30(37)22(4)34(19-24-16-17-25(31)18-27(24)32)29(36)20-35(28-15-11-10-12-23(28)6-2)40(38,39)26-13-8-7-9-14-26/h7-18,21-22H,5-6,19-20H2,1-4H3,(H,33,37)/t21-,22+/m0/s1. The third kappa shape index (κ3) is 7.56. The van der Waals surface area contributed by atoms with Crippen LogP contribution in [0, 0.1) is 0 Å². The van der Waals surface area contributed by atoms with Crippen LogP contribution in [-0.2, 0) is 32.6 Å². The van der Waals surface area contributed by atoms with Crippen LogP contribution in [0.25, 0.3) is 0 Å². The molecule has 0 unspecified atom stereocenters. The predicted molar refractivity (Wildman–Crippen MR) is 161 cm³/mol. The highest BCUT2D eigenvalue weighted by molar-refractivity contribution is 7.92. The van der Waals surface area contributed by atoms with E-state index in [1.807, 2.05) is 32.9 Å². The van der Waals surface area contributed by atoms with Gasteiger partial charge in [-0.05, 0) is 68.1 Å². The smallest absolute Gasteiger partial charge is 0.264 e. The molecule has 0 aromatic heterocycles. The van der Waals surface area contributed by atoms with Crippen molar-refractivity contribution in [1.29, 1.82) is 0 Å². The number of amides is 2. The molecule has 7 nitrogen and oxygen atoms in total. The van der Waals surface area contributed by atoms with Crippen LogP contribution in [0.1, 0.15) is 45.2 Å². The second kappa shape index (κ2) is 14.0. The quantitative estimate of drug-likeness (QED) is 0.272. The minimum Gasteiger partial charge on any atom is -0.352 e. The van der Waals surface area contributed by atoms with Gasteiger partial charge in [-0.3, -0.25) is 13.9 Å². The van der Waals surface area contributed by atoms with Gasteiger partial charge in [0.25, 0.3) is 10.0 Å². The maximum Gasteiger partial charge on any atom is 0.264 e. The second-order valence-electron chi connectivity index (χ2n) is 9.56. The first-order valence-electron chi connectivity index (χ1n) is 13.2. The lowest BCUT2D eigenvalue weighted by Crippen LogP contribution is -2.52. The molecular formula is C30H35Cl2N3O4S. The SMILES string of the molecule is CCc1ccccc1N(CC(=O)N(Cc1ccc(Cl)cc1Cl)[C@H](C)C(=O)N[C@@H](C)CC)S(=O)(=O)c1ccccc1. The van der Waals surface area contributed by atoms with E-state index in [4.69, 9.17) is 23.2 Å². The van der Waals surface area contributed by atoms with Crippen molar-refractivity contribution in [3.63, 3.8) is 0 Å². The van der Waals surface area contributed by atoms with Crippen molar-refractivity contribution < 1.29 is 18.0 Å². The molecule has 0 spiro atoms. The molecule has 2 amide bonds. The van der Waals surface area contributed by atoms with Gasteiger partial charge in [0.05, 0.1) is 10.6 Å². The van der Waals surface area contributed by atoms with Crippen molar-refractivity contribution in [2.45, 2.75) is 64.1 Å². The number of carbonyl (C=O) groups is 2. The maximum absolute atomic E-state index is 14.1. The van der Waals surface area contributed by atoms with Crippen LogP contribution in [0.4, 0.5) is 5.69 Å². The zero-order valence-electron chi connectivity index (χ0n) is 23.1. The zero-order valence-corrected chi connectivity index (χ0v) is 25.4. The summed E-state index contributed by atoms with van der Waals surface area (Å²) in [4.78, 5) is 28.6. The van der Waals surface area contributed by atoms with Gasteiger partial charge in [-0.1, -0.05) is 79.5 Å². The van der Waals surface area contributed by atoms with Crippen molar-refractivity contribution in [1.82, 2.24) is 10.2 Å². The normalized spacial score (nSPS) is 12.8.